The van der Waals surface area contributed by atoms with Gasteiger partial charge in [-0.1, -0.05) is 12.2 Å². The summed E-state index contributed by atoms with van der Waals surface area (Å²) < 4.78 is 5.33. The van der Waals surface area contributed by atoms with Gasteiger partial charge in [0.05, 0.1) is 11.6 Å². The maximum Gasteiger partial charge on any atom is 0.0870 e. The van der Waals surface area contributed by atoms with Gasteiger partial charge in [-0.2, -0.15) is 0 Å². The third-order valence-corrected chi connectivity index (χ3v) is 2.73. The third kappa shape index (κ3) is 5.41. The zero-order valence-corrected chi connectivity index (χ0v) is 10.3. The lowest BCUT2D eigenvalue weighted by molar-refractivity contribution is 0.0855. The van der Waals surface area contributed by atoms with E-state index < -0.39 is 0 Å². The summed E-state index contributed by atoms with van der Waals surface area (Å²) >= 11 is 4.89. The summed E-state index contributed by atoms with van der Waals surface area (Å²) in [5, 5.41) is 0. The van der Waals surface area contributed by atoms with E-state index in [1.165, 1.54) is 0 Å². The van der Waals surface area contributed by atoms with E-state index in [0.29, 0.717) is 4.99 Å². The van der Waals surface area contributed by atoms with Crippen LogP contribution in [0.4, 0.5) is 0 Å². The average molecular weight is 231 g/mol. The summed E-state index contributed by atoms with van der Waals surface area (Å²) in [5.41, 5.74) is 5.51. The van der Waals surface area contributed by atoms with Crippen LogP contribution in [0.5, 0.6) is 0 Å². The molecule has 0 aromatic heterocycles. The van der Waals surface area contributed by atoms with E-state index in [4.69, 9.17) is 22.7 Å². The van der Waals surface area contributed by atoms with Crippen molar-refractivity contribution < 1.29 is 4.74 Å². The summed E-state index contributed by atoms with van der Waals surface area (Å²) in [6.07, 6.45) is 0. The first-order chi connectivity index (χ1) is 7.22. The molecule has 0 unspecified atom stereocenters. The molecular formula is C10H21N3OS. The molecule has 1 fully saturated rings. The first kappa shape index (κ1) is 12.8. The molecule has 15 heavy (non-hydrogen) atoms. The van der Waals surface area contributed by atoms with Gasteiger partial charge >= 0.3 is 0 Å². The van der Waals surface area contributed by atoms with Gasteiger partial charge in [-0.15, -0.1) is 0 Å². The van der Waals surface area contributed by atoms with Crippen LogP contribution < -0.4 is 5.73 Å². The number of piperazine rings is 1. The number of nitrogens with two attached hydrogens (primary N) is 1. The molecule has 1 heterocycles. The summed E-state index contributed by atoms with van der Waals surface area (Å²) in [7, 11) is 0. The maximum absolute atomic E-state index is 5.51. The van der Waals surface area contributed by atoms with E-state index in [9.17, 15) is 0 Å². The summed E-state index contributed by atoms with van der Waals surface area (Å²) in [6.45, 7) is 9.77. The van der Waals surface area contributed by atoms with Crippen molar-refractivity contribution in [2.75, 3.05) is 52.5 Å². The second-order valence-corrected chi connectivity index (χ2v) is 4.31. The lowest BCUT2D eigenvalue weighted by Gasteiger charge is -2.34. The Morgan fingerprint density at radius 1 is 1.27 bits per heavy atom. The van der Waals surface area contributed by atoms with Crippen LogP contribution in [0.15, 0.2) is 0 Å². The van der Waals surface area contributed by atoms with Gasteiger partial charge in [0.25, 0.3) is 0 Å². The highest BCUT2D eigenvalue weighted by Crippen LogP contribution is 2.00. The molecule has 0 radical (unpaired) electrons. The van der Waals surface area contributed by atoms with Crippen LogP contribution >= 0.6 is 12.2 Å². The van der Waals surface area contributed by atoms with Crippen molar-refractivity contribution in [3.05, 3.63) is 0 Å². The van der Waals surface area contributed by atoms with Crippen LogP contribution in [0, 0.1) is 0 Å². The molecular weight excluding hydrogens is 210 g/mol. The van der Waals surface area contributed by atoms with E-state index in [1.54, 1.807) is 0 Å². The Kier molecular flexibility index (Phi) is 6.09. The minimum atomic E-state index is 0.595. The number of thiocarbonyl (C=S) groups is 1. The Labute approximate surface area is 97.3 Å². The zero-order chi connectivity index (χ0) is 11.1. The molecule has 1 saturated heterocycles. The van der Waals surface area contributed by atoms with Crippen LogP contribution in [0.1, 0.15) is 6.92 Å². The average Bonchev–Trinajstić information content (AvgIpc) is 2.20. The number of rotatable bonds is 6. The first-order valence-electron chi connectivity index (χ1n) is 5.53. The monoisotopic (exact) mass is 231 g/mol. The molecule has 4 nitrogen and oxygen atoms in total. The van der Waals surface area contributed by atoms with Crippen molar-refractivity contribution >= 4 is 17.2 Å². The molecule has 5 heteroatoms. The van der Waals surface area contributed by atoms with Gasteiger partial charge in [0.2, 0.25) is 0 Å². The van der Waals surface area contributed by atoms with Crippen LogP contribution in [0.3, 0.4) is 0 Å². The predicted molar refractivity (Wildman–Crippen MR) is 66.2 cm³/mol. The molecule has 1 aliphatic rings. The molecule has 0 aromatic carbocycles. The summed E-state index contributed by atoms with van der Waals surface area (Å²) in [6, 6.07) is 0. The smallest absolute Gasteiger partial charge is 0.0870 e. The second-order valence-electron chi connectivity index (χ2n) is 3.78. The third-order valence-electron chi connectivity index (χ3n) is 2.60. The predicted octanol–water partition coefficient (Wildman–Crippen LogP) is -0.0734. The topological polar surface area (TPSA) is 41.7 Å². The van der Waals surface area contributed by atoms with Crippen molar-refractivity contribution in [1.82, 2.24) is 9.80 Å². The second kappa shape index (κ2) is 7.11. The largest absolute Gasteiger partial charge is 0.392 e. The SMILES string of the molecule is CCOCCN1CCN(CC(N)=S)CC1. The van der Waals surface area contributed by atoms with Gasteiger partial charge in [-0.25, -0.2) is 0 Å². The van der Waals surface area contributed by atoms with Crippen LogP contribution in [0.25, 0.3) is 0 Å². The first-order valence-corrected chi connectivity index (χ1v) is 5.94. The zero-order valence-electron chi connectivity index (χ0n) is 9.45. The molecule has 88 valence electrons. The van der Waals surface area contributed by atoms with Gasteiger partial charge in [0, 0.05) is 45.9 Å². The minimum Gasteiger partial charge on any atom is -0.392 e. The van der Waals surface area contributed by atoms with Crippen LogP contribution in [-0.2, 0) is 4.74 Å². The van der Waals surface area contributed by atoms with Crippen LogP contribution in [0.2, 0.25) is 0 Å². The fourth-order valence-electron chi connectivity index (χ4n) is 1.73. The lowest BCUT2D eigenvalue weighted by Crippen LogP contribution is -2.49. The normalized spacial score (nSPS) is 19.3. The van der Waals surface area contributed by atoms with E-state index in [2.05, 4.69) is 9.80 Å². The highest BCUT2D eigenvalue weighted by atomic mass is 32.1. The maximum atomic E-state index is 5.51. The van der Waals surface area contributed by atoms with E-state index in [0.717, 1.165) is 52.5 Å². The highest BCUT2D eigenvalue weighted by molar-refractivity contribution is 7.80. The quantitative estimate of drug-likeness (QED) is 0.512. The van der Waals surface area contributed by atoms with Crippen molar-refractivity contribution in [2.24, 2.45) is 5.73 Å². The molecule has 0 aliphatic carbocycles. The lowest BCUT2D eigenvalue weighted by atomic mass is 10.3. The Morgan fingerprint density at radius 2 is 1.87 bits per heavy atom. The minimum absolute atomic E-state index is 0.595. The number of hydrogen-bond acceptors (Lipinski definition) is 4. The van der Waals surface area contributed by atoms with Gasteiger partial charge in [-0.05, 0) is 6.92 Å². The molecule has 0 bridgehead atoms. The van der Waals surface area contributed by atoms with Gasteiger partial charge < -0.3 is 10.5 Å². The van der Waals surface area contributed by atoms with Gasteiger partial charge in [-0.3, -0.25) is 9.80 Å². The van der Waals surface area contributed by atoms with Crippen molar-refractivity contribution in [2.45, 2.75) is 6.92 Å². The van der Waals surface area contributed by atoms with Crippen molar-refractivity contribution in [1.29, 1.82) is 0 Å². The number of ether oxygens (including phenoxy) is 1. The summed E-state index contributed by atoms with van der Waals surface area (Å²) in [4.78, 5) is 5.32. The van der Waals surface area contributed by atoms with E-state index in [-0.39, 0.29) is 0 Å². The Hall–Kier alpha value is -0.230. The molecule has 0 amide bonds. The van der Waals surface area contributed by atoms with Gasteiger partial charge in [0.1, 0.15) is 0 Å². The Balaban J connectivity index is 2.10. The highest BCUT2D eigenvalue weighted by Gasteiger charge is 2.16. The standard InChI is InChI=1S/C10H21N3OS/c1-2-14-8-7-12-3-5-13(6-4-12)9-10(11)15/h2-9H2,1H3,(H2,11,15). The van der Waals surface area contributed by atoms with Gasteiger partial charge in [0.15, 0.2) is 0 Å². The molecule has 0 spiro atoms. The number of hydrogen-bond donors (Lipinski definition) is 1. The molecule has 0 saturated carbocycles. The van der Waals surface area contributed by atoms with Crippen LogP contribution in [-0.4, -0.2) is 67.3 Å². The van der Waals surface area contributed by atoms with Crippen molar-refractivity contribution in [3.8, 4) is 0 Å². The Morgan fingerprint density at radius 3 is 2.40 bits per heavy atom. The molecule has 1 rings (SSSR count). The molecule has 1 aliphatic heterocycles. The fourth-order valence-corrected chi connectivity index (χ4v) is 1.91. The van der Waals surface area contributed by atoms with Crippen molar-refractivity contribution in [3.63, 3.8) is 0 Å². The Bertz CT molecular complexity index is 193. The molecule has 2 N–H and O–H groups in total. The molecule has 0 aromatic rings. The fraction of sp³-hybridized carbons (Fsp3) is 0.900. The summed E-state index contributed by atoms with van der Waals surface area (Å²) in [5.74, 6) is 0. The van der Waals surface area contributed by atoms with E-state index in [1.807, 2.05) is 6.92 Å². The van der Waals surface area contributed by atoms with E-state index >= 15 is 0 Å². The molecule has 0 atom stereocenters. The number of nitrogens with zero attached hydrogens (tertiary/aromatic N) is 2.